The predicted octanol–water partition coefficient (Wildman–Crippen LogP) is 10.5. The van der Waals surface area contributed by atoms with E-state index in [-0.39, 0.29) is 19.6 Å². The van der Waals surface area contributed by atoms with Crippen molar-refractivity contribution in [2.45, 2.75) is 263 Å². The van der Waals surface area contributed by atoms with E-state index < -0.39 is 59.8 Å². The number of carbonyl (C=O) groups is 1. The van der Waals surface area contributed by atoms with E-state index in [1.165, 1.54) is 161 Å². The van der Waals surface area contributed by atoms with Crippen LogP contribution in [0.5, 0.6) is 0 Å². The SMILES string of the molecule is CCCCCCCCCCCCCCCCCCCCCCCC(=O)OC(COCCCCCCCCCCCCC)COC1OC(CO)C(O)C(OS(=O)(=O)O)C1O. The molecule has 0 bridgehead atoms. The lowest BCUT2D eigenvalue weighted by Crippen LogP contribution is -2.60. The predicted molar refractivity (Wildman–Crippen MR) is 235 cm³/mol. The van der Waals surface area contributed by atoms with Crippen LogP contribution in [0.4, 0.5) is 0 Å². The molecule has 4 N–H and O–H groups in total. The van der Waals surface area contributed by atoms with Crippen molar-refractivity contribution in [2.24, 2.45) is 0 Å². The van der Waals surface area contributed by atoms with Crippen molar-refractivity contribution in [1.82, 2.24) is 0 Å². The summed E-state index contributed by atoms with van der Waals surface area (Å²) in [5.74, 6) is -0.393. The van der Waals surface area contributed by atoms with Crippen molar-refractivity contribution in [1.29, 1.82) is 0 Å². The number of carbonyl (C=O) groups excluding carboxylic acids is 1. The van der Waals surface area contributed by atoms with Gasteiger partial charge in [-0.25, -0.2) is 4.18 Å². The van der Waals surface area contributed by atoms with E-state index >= 15 is 0 Å². The number of hydrogen-bond donors (Lipinski definition) is 4. The quantitative estimate of drug-likeness (QED) is 0.0259. The third-order valence-corrected chi connectivity index (χ3v) is 11.9. The smallest absolute Gasteiger partial charge is 0.397 e. The number of rotatable bonds is 43. The van der Waals surface area contributed by atoms with Gasteiger partial charge < -0.3 is 34.3 Å². The normalized spacial score (nSPS) is 20.3. The molecule has 1 fully saturated rings. The zero-order valence-electron chi connectivity index (χ0n) is 37.6. The zero-order chi connectivity index (χ0) is 43.2. The van der Waals surface area contributed by atoms with Crippen LogP contribution in [0, 0.1) is 0 Å². The van der Waals surface area contributed by atoms with Crippen LogP contribution in [0.3, 0.4) is 0 Å². The van der Waals surface area contributed by atoms with Crippen LogP contribution in [-0.4, -0.2) is 97.5 Å². The summed E-state index contributed by atoms with van der Waals surface area (Å²) in [7, 11) is -5.05. The molecule has 0 amide bonds. The van der Waals surface area contributed by atoms with Gasteiger partial charge in [0.15, 0.2) is 6.29 Å². The summed E-state index contributed by atoms with van der Waals surface area (Å²) in [6.07, 6.45) is 31.4. The van der Waals surface area contributed by atoms with Gasteiger partial charge in [0.25, 0.3) is 0 Å². The van der Waals surface area contributed by atoms with Gasteiger partial charge in [0.05, 0.1) is 19.8 Å². The first kappa shape index (κ1) is 56.1. The van der Waals surface area contributed by atoms with Gasteiger partial charge in [0.2, 0.25) is 0 Å². The molecule has 6 atom stereocenters. The van der Waals surface area contributed by atoms with Gasteiger partial charge in [-0.3, -0.25) is 9.35 Å². The Morgan fingerprint density at radius 1 is 0.576 bits per heavy atom. The summed E-state index contributed by atoms with van der Waals surface area (Å²) < 4.78 is 59.1. The van der Waals surface area contributed by atoms with E-state index in [1.54, 1.807) is 0 Å². The number of esters is 1. The average Bonchev–Trinajstić information content (AvgIpc) is 3.20. The Labute approximate surface area is 360 Å². The van der Waals surface area contributed by atoms with Gasteiger partial charge in [0, 0.05) is 13.0 Å². The van der Waals surface area contributed by atoms with E-state index in [1.807, 2.05) is 0 Å². The molecule has 0 saturated carbocycles. The van der Waals surface area contributed by atoms with Gasteiger partial charge in [-0.15, -0.1) is 0 Å². The van der Waals surface area contributed by atoms with Crippen LogP contribution >= 0.6 is 0 Å². The maximum atomic E-state index is 12.9. The Kier molecular flexibility index (Phi) is 36.9. The van der Waals surface area contributed by atoms with E-state index in [9.17, 15) is 28.5 Å². The molecule has 0 aromatic heterocycles. The fraction of sp³-hybridized carbons (Fsp3) is 0.978. The molecule has 0 aromatic rings. The van der Waals surface area contributed by atoms with Crippen molar-refractivity contribution < 1.29 is 56.2 Å². The monoisotopic (exact) mass is 867 g/mol. The third kappa shape index (κ3) is 32.4. The first-order chi connectivity index (χ1) is 28.6. The molecule has 1 saturated heterocycles. The maximum absolute atomic E-state index is 12.9. The lowest BCUT2D eigenvalue weighted by Gasteiger charge is -2.41. The molecular weight excluding hydrogens is 777 g/mol. The van der Waals surface area contributed by atoms with Crippen LogP contribution in [0.15, 0.2) is 0 Å². The van der Waals surface area contributed by atoms with Crippen molar-refractivity contribution in [3.8, 4) is 0 Å². The van der Waals surface area contributed by atoms with Crippen LogP contribution in [0.25, 0.3) is 0 Å². The molecule has 0 aliphatic carbocycles. The first-order valence-corrected chi connectivity index (χ1v) is 25.7. The molecular formula is C46H90O12S. The topological polar surface area (TPSA) is 178 Å². The van der Waals surface area contributed by atoms with Gasteiger partial charge in [-0.05, 0) is 12.8 Å². The van der Waals surface area contributed by atoms with E-state index in [0.29, 0.717) is 13.0 Å². The van der Waals surface area contributed by atoms with Crippen molar-refractivity contribution >= 4 is 16.4 Å². The average molecular weight is 867 g/mol. The van der Waals surface area contributed by atoms with Gasteiger partial charge in [-0.1, -0.05) is 206 Å². The number of unbranched alkanes of at least 4 members (excludes halogenated alkanes) is 30. The van der Waals surface area contributed by atoms with Crippen LogP contribution in [0.2, 0.25) is 0 Å². The van der Waals surface area contributed by atoms with Crippen LogP contribution in [-0.2, 0) is 38.3 Å². The second-order valence-corrected chi connectivity index (χ2v) is 18.1. The van der Waals surface area contributed by atoms with E-state index in [0.717, 1.165) is 38.5 Å². The summed E-state index contributed by atoms with van der Waals surface area (Å²) in [5.41, 5.74) is 0. The number of hydrogen-bond acceptors (Lipinski definition) is 11. The maximum Gasteiger partial charge on any atom is 0.397 e. The molecule has 1 heterocycles. The lowest BCUT2D eigenvalue weighted by molar-refractivity contribution is -0.301. The Morgan fingerprint density at radius 2 is 0.966 bits per heavy atom. The van der Waals surface area contributed by atoms with Gasteiger partial charge in [-0.2, -0.15) is 8.42 Å². The molecule has 13 heteroatoms. The highest BCUT2D eigenvalue weighted by Crippen LogP contribution is 2.26. The summed E-state index contributed by atoms with van der Waals surface area (Å²) in [4.78, 5) is 12.9. The second-order valence-electron chi connectivity index (χ2n) is 17.1. The number of aliphatic hydroxyl groups excluding tert-OH is 3. The highest BCUT2D eigenvalue weighted by Gasteiger charge is 2.48. The zero-order valence-corrected chi connectivity index (χ0v) is 38.4. The molecule has 1 aliphatic rings. The Morgan fingerprint density at radius 3 is 1.36 bits per heavy atom. The Hall–Kier alpha value is -0.900. The molecule has 0 spiro atoms. The molecule has 6 unspecified atom stereocenters. The summed E-state index contributed by atoms with van der Waals surface area (Å²) in [6.45, 7) is 4.03. The number of ether oxygens (including phenoxy) is 4. The van der Waals surface area contributed by atoms with Crippen molar-refractivity contribution in [3.63, 3.8) is 0 Å². The third-order valence-electron chi connectivity index (χ3n) is 11.5. The van der Waals surface area contributed by atoms with E-state index in [2.05, 4.69) is 18.0 Å². The molecule has 1 rings (SSSR count). The minimum absolute atomic E-state index is 0.0443. The lowest BCUT2D eigenvalue weighted by atomic mass is 9.99. The highest BCUT2D eigenvalue weighted by molar-refractivity contribution is 7.80. The minimum Gasteiger partial charge on any atom is -0.457 e. The summed E-state index contributed by atoms with van der Waals surface area (Å²) in [6, 6.07) is 0. The Bertz CT molecular complexity index is 1050. The Balaban J connectivity index is 2.33. The molecule has 1 aliphatic heterocycles. The molecule has 352 valence electrons. The standard InChI is InChI=1S/C46H90O12S/c1-3-5-7-9-11-13-15-16-17-18-19-20-21-22-23-24-25-27-29-31-33-35-42(48)56-40(38-54-36-34-32-30-28-26-14-12-10-8-6-4-2)39-55-46-44(50)45(58-59(51,52)53)43(49)41(37-47)57-46/h40-41,43-47,49-50H,3-39H2,1-2H3,(H,51,52,53). The summed E-state index contributed by atoms with van der Waals surface area (Å²) >= 11 is 0. The van der Waals surface area contributed by atoms with Crippen molar-refractivity contribution in [2.75, 3.05) is 26.4 Å². The van der Waals surface area contributed by atoms with Crippen molar-refractivity contribution in [3.05, 3.63) is 0 Å². The van der Waals surface area contributed by atoms with E-state index in [4.69, 9.17) is 23.5 Å². The second kappa shape index (κ2) is 38.7. The fourth-order valence-corrected chi connectivity index (χ4v) is 8.30. The van der Waals surface area contributed by atoms with Gasteiger partial charge in [0.1, 0.15) is 30.5 Å². The minimum atomic E-state index is -5.05. The highest BCUT2D eigenvalue weighted by atomic mass is 32.3. The van der Waals surface area contributed by atoms with Crippen LogP contribution in [0.1, 0.15) is 226 Å². The molecule has 0 aromatic carbocycles. The molecule has 12 nitrogen and oxygen atoms in total. The summed E-state index contributed by atoms with van der Waals surface area (Å²) in [5, 5.41) is 30.7. The fourth-order valence-electron chi connectivity index (χ4n) is 7.79. The van der Waals surface area contributed by atoms with Gasteiger partial charge >= 0.3 is 16.4 Å². The number of aliphatic hydroxyl groups is 3. The molecule has 0 radical (unpaired) electrons. The largest absolute Gasteiger partial charge is 0.457 e. The molecule has 59 heavy (non-hydrogen) atoms. The van der Waals surface area contributed by atoms with Crippen LogP contribution < -0.4 is 0 Å². The first-order valence-electron chi connectivity index (χ1n) is 24.3.